The number of amides is 1. The topological polar surface area (TPSA) is 29.1 Å². The molecule has 0 aliphatic heterocycles. The van der Waals surface area contributed by atoms with Gasteiger partial charge >= 0.3 is 0 Å². The van der Waals surface area contributed by atoms with Crippen LogP contribution in [0.15, 0.2) is 24.3 Å². The SMILES string of the molecule is CC1CC(C)CC(NC(=O)c2cccc(I)c2)C1. The molecular weight excluding hydrogens is 337 g/mol. The lowest BCUT2D eigenvalue weighted by atomic mass is 9.80. The zero-order valence-electron chi connectivity index (χ0n) is 10.9. The molecule has 0 heterocycles. The first-order valence-electron chi connectivity index (χ1n) is 6.61. The minimum atomic E-state index is 0.0693. The smallest absolute Gasteiger partial charge is 0.251 e. The molecule has 0 radical (unpaired) electrons. The Morgan fingerprint density at radius 3 is 2.50 bits per heavy atom. The molecule has 1 saturated carbocycles. The van der Waals surface area contributed by atoms with Crippen LogP contribution < -0.4 is 5.32 Å². The van der Waals surface area contributed by atoms with Crippen molar-refractivity contribution in [2.45, 2.75) is 39.2 Å². The van der Waals surface area contributed by atoms with Crippen LogP contribution in [-0.2, 0) is 0 Å². The van der Waals surface area contributed by atoms with Crippen LogP contribution in [-0.4, -0.2) is 11.9 Å². The summed E-state index contributed by atoms with van der Waals surface area (Å²) in [7, 11) is 0. The number of hydrogen-bond acceptors (Lipinski definition) is 1. The molecule has 2 unspecified atom stereocenters. The van der Waals surface area contributed by atoms with Gasteiger partial charge in [-0.3, -0.25) is 4.79 Å². The van der Waals surface area contributed by atoms with Gasteiger partial charge in [0.15, 0.2) is 0 Å². The second-order valence-electron chi connectivity index (χ2n) is 5.60. The van der Waals surface area contributed by atoms with Crippen LogP contribution in [0.2, 0.25) is 0 Å². The van der Waals surface area contributed by atoms with Crippen LogP contribution in [0.3, 0.4) is 0 Å². The molecule has 2 atom stereocenters. The van der Waals surface area contributed by atoms with Crippen molar-refractivity contribution in [3.05, 3.63) is 33.4 Å². The van der Waals surface area contributed by atoms with Crippen LogP contribution in [0.1, 0.15) is 43.5 Å². The van der Waals surface area contributed by atoms with Gasteiger partial charge in [0.1, 0.15) is 0 Å². The lowest BCUT2D eigenvalue weighted by Crippen LogP contribution is -2.40. The van der Waals surface area contributed by atoms with Crippen molar-refractivity contribution >= 4 is 28.5 Å². The van der Waals surface area contributed by atoms with E-state index in [9.17, 15) is 4.79 Å². The van der Waals surface area contributed by atoms with E-state index >= 15 is 0 Å². The zero-order valence-corrected chi connectivity index (χ0v) is 13.1. The number of carbonyl (C=O) groups excluding carboxylic acids is 1. The average molecular weight is 357 g/mol. The quantitative estimate of drug-likeness (QED) is 0.801. The van der Waals surface area contributed by atoms with Crippen molar-refractivity contribution in [3.8, 4) is 0 Å². The van der Waals surface area contributed by atoms with Gasteiger partial charge in [0.2, 0.25) is 0 Å². The molecule has 18 heavy (non-hydrogen) atoms. The minimum absolute atomic E-state index is 0.0693. The van der Waals surface area contributed by atoms with E-state index in [4.69, 9.17) is 0 Å². The van der Waals surface area contributed by atoms with Crippen molar-refractivity contribution in [1.82, 2.24) is 5.32 Å². The monoisotopic (exact) mass is 357 g/mol. The van der Waals surface area contributed by atoms with Crippen LogP contribution in [0.5, 0.6) is 0 Å². The lowest BCUT2D eigenvalue weighted by molar-refractivity contribution is 0.0911. The standard InChI is InChI=1S/C15H20INO/c1-10-6-11(2)8-14(7-10)17-15(18)12-4-3-5-13(16)9-12/h3-5,9-11,14H,6-8H2,1-2H3,(H,17,18). The van der Waals surface area contributed by atoms with Gasteiger partial charge in [0, 0.05) is 15.2 Å². The summed E-state index contributed by atoms with van der Waals surface area (Å²) in [5, 5.41) is 3.18. The van der Waals surface area contributed by atoms with Crippen LogP contribution in [0.4, 0.5) is 0 Å². The van der Waals surface area contributed by atoms with Crippen LogP contribution >= 0.6 is 22.6 Å². The van der Waals surface area contributed by atoms with Gasteiger partial charge in [-0.05, 0) is 71.9 Å². The van der Waals surface area contributed by atoms with Gasteiger partial charge in [0.25, 0.3) is 5.91 Å². The Bertz CT molecular complexity index is 422. The van der Waals surface area contributed by atoms with Crippen LogP contribution in [0, 0.1) is 15.4 Å². The maximum absolute atomic E-state index is 12.2. The normalized spacial score (nSPS) is 27.8. The Labute approximate surface area is 123 Å². The number of rotatable bonds is 2. The van der Waals surface area contributed by atoms with Gasteiger partial charge in [-0.25, -0.2) is 0 Å². The van der Waals surface area contributed by atoms with Gasteiger partial charge in [-0.2, -0.15) is 0 Å². The Kier molecular flexibility index (Phi) is 4.65. The third kappa shape index (κ3) is 3.70. The molecule has 0 bridgehead atoms. The zero-order chi connectivity index (χ0) is 13.1. The molecule has 1 aromatic carbocycles. The summed E-state index contributed by atoms with van der Waals surface area (Å²) in [6.45, 7) is 4.56. The first kappa shape index (κ1) is 13.8. The van der Waals surface area contributed by atoms with Crippen molar-refractivity contribution in [1.29, 1.82) is 0 Å². The van der Waals surface area contributed by atoms with E-state index in [1.54, 1.807) is 0 Å². The molecule has 1 amide bonds. The molecular formula is C15H20INO. The molecule has 1 aliphatic carbocycles. The summed E-state index contributed by atoms with van der Waals surface area (Å²) in [5.74, 6) is 1.50. The molecule has 2 rings (SSSR count). The molecule has 98 valence electrons. The van der Waals surface area contributed by atoms with Gasteiger partial charge in [-0.1, -0.05) is 19.9 Å². The van der Waals surface area contributed by atoms with E-state index in [0.29, 0.717) is 6.04 Å². The highest BCUT2D eigenvalue weighted by atomic mass is 127. The highest BCUT2D eigenvalue weighted by Gasteiger charge is 2.25. The molecule has 3 heteroatoms. The number of hydrogen-bond donors (Lipinski definition) is 1. The third-order valence-corrected chi connectivity index (χ3v) is 4.27. The van der Waals surface area contributed by atoms with Gasteiger partial charge in [-0.15, -0.1) is 0 Å². The second kappa shape index (κ2) is 6.04. The van der Waals surface area contributed by atoms with E-state index in [1.165, 1.54) is 6.42 Å². The summed E-state index contributed by atoms with van der Waals surface area (Å²) >= 11 is 2.24. The Balaban J connectivity index is 1.99. The summed E-state index contributed by atoms with van der Waals surface area (Å²) < 4.78 is 1.10. The van der Waals surface area contributed by atoms with Crippen molar-refractivity contribution in [2.75, 3.05) is 0 Å². The second-order valence-corrected chi connectivity index (χ2v) is 6.84. The number of benzene rings is 1. The first-order chi connectivity index (χ1) is 8.54. The average Bonchev–Trinajstić information content (AvgIpc) is 2.27. The maximum Gasteiger partial charge on any atom is 0.251 e. The summed E-state index contributed by atoms with van der Waals surface area (Å²) in [6, 6.07) is 8.10. The van der Waals surface area contributed by atoms with Crippen molar-refractivity contribution in [2.24, 2.45) is 11.8 Å². The van der Waals surface area contributed by atoms with Gasteiger partial charge < -0.3 is 5.32 Å². The fourth-order valence-corrected chi connectivity index (χ4v) is 3.51. The lowest BCUT2D eigenvalue weighted by Gasteiger charge is -2.32. The molecule has 0 spiro atoms. The fourth-order valence-electron chi connectivity index (χ4n) is 2.96. The first-order valence-corrected chi connectivity index (χ1v) is 7.69. The number of nitrogens with one attached hydrogen (secondary N) is 1. The maximum atomic E-state index is 12.2. The summed E-state index contributed by atoms with van der Waals surface area (Å²) in [5.41, 5.74) is 0.771. The van der Waals surface area contributed by atoms with E-state index in [0.717, 1.165) is 33.8 Å². The van der Waals surface area contributed by atoms with Crippen molar-refractivity contribution in [3.63, 3.8) is 0 Å². The fraction of sp³-hybridized carbons (Fsp3) is 0.533. The predicted octanol–water partition coefficient (Wildman–Crippen LogP) is 3.85. The third-order valence-electron chi connectivity index (χ3n) is 3.60. The summed E-state index contributed by atoms with van der Waals surface area (Å²) in [4.78, 5) is 12.2. The molecule has 1 aliphatic rings. The molecule has 0 saturated heterocycles. The van der Waals surface area contributed by atoms with E-state index in [-0.39, 0.29) is 5.91 Å². The van der Waals surface area contributed by atoms with E-state index in [2.05, 4.69) is 41.8 Å². The minimum Gasteiger partial charge on any atom is -0.349 e. The van der Waals surface area contributed by atoms with Crippen LogP contribution in [0.25, 0.3) is 0 Å². The molecule has 0 aromatic heterocycles. The van der Waals surface area contributed by atoms with Gasteiger partial charge in [0.05, 0.1) is 0 Å². The number of carbonyl (C=O) groups is 1. The highest BCUT2D eigenvalue weighted by Crippen LogP contribution is 2.28. The van der Waals surface area contributed by atoms with E-state index in [1.807, 2.05) is 24.3 Å². The van der Waals surface area contributed by atoms with Crippen molar-refractivity contribution < 1.29 is 4.79 Å². The number of halogens is 1. The molecule has 2 nitrogen and oxygen atoms in total. The highest BCUT2D eigenvalue weighted by molar-refractivity contribution is 14.1. The molecule has 1 fully saturated rings. The Morgan fingerprint density at radius 2 is 1.89 bits per heavy atom. The van der Waals surface area contributed by atoms with E-state index < -0.39 is 0 Å². The predicted molar refractivity (Wildman–Crippen MR) is 82.6 cm³/mol. The Morgan fingerprint density at radius 1 is 1.22 bits per heavy atom. The molecule has 1 aromatic rings. The Hall–Kier alpha value is -0.580. The largest absolute Gasteiger partial charge is 0.349 e. The summed E-state index contributed by atoms with van der Waals surface area (Å²) in [6.07, 6.45) is 3.51. The molecule has 1 N–H and O–H groups in total.